The first-order chi connectivity index (χ1) is 5.93. The van der Waals surface area contributed by atoms with Gasteiger partial charge < -0.3 is 0 Å². The van der Waals surface area contributed by atoms with E-state index in [4.69, 9.17) is 0 Å². The summed E-state index contributed by atoms with van der Waals surface area (Å²) in [5, 5.41) is 5.28. The van der Waals surface area contributed by atoms with Crippen LogP contribution >= 0.6 is 0 Å². The van der Waals surface area contributed by atoms with E-state index in [0.29, 0.717) is 6.20 Å². The zero-order chi connectivity index (χ0) is 9.69. The molecule has 72 valence electrons. The molecule has 2 nitrogen and oxygen atoms in total. The lowest BCUT2D eigenvalue weighted by atomic mass is 10.1. The fourth-order valence-electron chi connectivity index (χ4n) is 1.20. The molecular formula is C7H6F4N2. The molecule has 1 aromatic rings. The van der Waals surface area contributed by atoms with E-state index in [1.165, 1.54) is 0 Å². The second-order valence-corrected chi connectivity index (χ2v) is 3.12. The smallest absolute Gasteiger partial charge is 0.279 e. The minimum Gasteiger partial charge on any atom is -0.279 e. The predicted molar refractivity (Wildman–Crippen MR) is 35.6 cm³/mol. The monoisotopic (exact) mass is 194 g/mol. The Morgan fingerprint density at radius 3 is 2.46 bits per heavy atom. The zero-order valence-corrected chi connectivity index (χ0v) is 6.45. The molecule has 0 unspecified atom stereocenters. The van der Waals surface area contributed by atoms with Crippen molar-refractivity contribution in [3.8, 4) is 0 Å². The molecule has 6 heteroatoms. The first-order valence-corrected chi connectivity index (χ1v) is 3.73. The Morgan fingerprint density at radius 2 is 2.00 bits per heavy atom. The summed E-state index contributed by atoms with van der Waals surface area (Å²) in [6, 6.07) is 0. The van der Waals surface area contributed by atoms with Gasteiger partial charge in [0.25, 0.3) is 0 Å². The van der Waals surface area contributed by atoms with Crippen LogP contribution in [0, 0.1) is 0 Å². The Hall–Kier alpha value is -1.07. The Morgan fingerprint density at radius 1 is 1.38 bits per heavy atom. The summed E-state index contributed by atoms with van der Waals surface area (Å²) in [5.41, 5.74) is -3.24. The quantitative estimate of drug-likeness (QED) is 0.683. The van der Waals surface area contributed by atoms with Gasteiger partial charge in [0.05, 0.1) is 17.5 Å². The minimum atomic E-state index is -4.52. The SMILES string of the molecule is FC(F)(F)c1cn[nH]c1C1(F)CC1. The maximum absolute atomic E-state index is 13.3. The van der Waals surface area contributed by atoms with Crippen LogP contribution in [0.15, 0.2) is 6.20 Å². The number of hydrogen-bond donors (Lipinski definition) is 1. The molecule has 1 fully saturated rings. The second kappa shape index (κ2) is 2.24. The number of halogens is 4. The Balaban J connectivity index is 2.42. The van der Waals surface area contributed by atoms with E-state index in [2.05, 4.69) is 10.2 Å². The third-order valence-corrected chi connectivity index (χ3v) is 2.08. The molecule has 0 aliphatic heterocycles. The van der Waals surface area contributed by atoms with Crippen molar-refractivity contribution in [2.24, 2.45) is 0 Å². The number of nitrogens with one attached hydrogen (secondary N) is 1. The van der Waals surface area contributed by atoms with Gasteiger partial charge in [-0.05, 0) is 12.8 Å². The third kappa shape index (κ3) is 1.30. The molecule has 1 saturated carbocycles. The van der Waals surface area contributed by atoms with Crippen molar-refractivity contribution in [3.05, 3.63) is 17.5 Å². The summed E-state index contributed by atoms with van der Waals surface area (Å²) in [6.07, 6.45) is -3.63. The maximum Gasteiger partial charge on any atom is 0.419 e. The molecule has 0 radical (unpaired) electrons. The molecular weight excluding hydrogens is 188 g/mol. The molecule has 2 rings (SSSR count). The lowest BCUT2D eigenvalue weighted by Gasteiger charge is -2.08. The molecule has 0 atom stereocenters. The van der Waals surface area contributed by atoms with E-state index >= 15 is 0 Å². The van der Waals surface area contributed by atoms with Crippen molar-refractivity contribution in [1.82, 2.24) is 10.2 Å². The number of aromatic amines is 1. The van der Waals surface area contributed by atoms with Gasteiger partial charge in [0, 0.05) is 0 Å². The van der Waals surface area contributed by atoms with Gasteiger partial charge in [-0.2, -0.15) is 18.3 Å². The Kier molecular flexibility index (Phi) is 1.47. The summed E-state index contributed by atoms with van der Waals surface area (Å²) >= 11 is 0. The van der Waals surface area contributed by atoms with Gasteiger partial charge in [-0.15, -0.1) is 0 Å². The molecule has 0 saturated heterocycles. The molecule has 13 heavy (non-hydrogen) atoms. The predicted octanol–water partition coefficient (Wildman–Crippen LogP) is 2.39. The van der Waals surface area contributed by atoms with Crippen molar-refractivity contribution >= 4 is 0 Å². The van der Waals surface area contributed by atoms with E-state index in [1.54, 1.807) is 0 Å². The van der Waals surface area contributed by atoms with Gasteiger partial charge >= 0.3 is 6.18 Å². The highest BCUT2D eigenvalue weighted by molar-refractivity contribution is 5.29. The summed E-state index contributed by atoms with van der Waals surface area (Å²) in [4.78, 5) is 0. The molecule has 1 N–H and O–H groups in total. The van der Waals surface area contributed by atoms with Crippen LogP contribution in [-0.4, -0.2) is 10.2 Å². The van der Waals surface area contributed by atoms with Crippen LogP contribution in [0.4, 0.5) is 17.6 Å². The van der Waals surface area contributed by atoms with E-state index in [9.17, 15) is 17.6 Å². The third-order valence-electron chi connectivity index (χ3n) is 2.08. The van der Waals surface area contributed by atoms with Crippen LogP contribution in [0.3, 0.4) is 0 Å². The largest absolute Gasteiger partial charge is 0.419 e. The zero-order valence-electron chi connectivity index (χ0n) is 6.45. The molecule has 1 aromatic heterocycles. The fourth-order valence-corrected chi connectivity index (χ4v) is 1.20. The number of hydrogen-bond acceptors (Lipinski definition) is 1. The van der Waals surface area contributed by atoms with Crippen molar-refractivity contribution in [2.75, 3.05) is 0 Å². The average molecular weight is 194 g/mol. The molecule has 1 aliphatic carbocycles. The maximum atomic E-state index is 13.3. The topological polar surface area (TPSA) is 28.7 Å². The van der Waals surface area contributed by atoms with Gasteiger partial charge in [-0.3, -0.25) is 5.10 Å². The van der Waals surface area contributed by atoms with Crippen LogP contribution in [0.25, 0.3) is 0 Å². The summed E-state index contributed by atoms with van der Waals surface area (Å²) in [7, 11) is 0. The van der Waals surface area contributed by atoms with E-state index in [0.717, 1.165) is 0 Å². The number of rotatable bonds is 1. The van der Waals surface area contributed by atoms with Crippen LogP contribution in [0.2, 0.25) is 0 Å². The molecule has 0 aromatic carbocycles. The van der Waals surface area contributed by atoms with Crippen molar-refractivity contribution in [3.63, 3.8) is 0 Å². The Bertz CT molecular complexity index is 304. The van der Waals surface area contributed by atoms with Crippen LogP contribution < -0.4 is 0 Å². The molecule has 1 heterocycles. The highest BCUT2D eigenvalue weighted by atomic mass is 19.4. The van der Waals surface area contributed by atoms with Gasteiger partial charge in [0.1, 0.15) is 0 Å². The first kappa shape index (κ1) is 8.52. The molecule has 0 bridgehead atoms. The van der Waals surface area contributed by atoms with Crippen molar-refractivity contribution in [2.45, 2.75) is 24.7 Å². The summed E-state index contributed by atoms with van der Waals surface area (Å²) < 4.78 is 49.9. The fraction of sp³-hybridized carbons (Fsp3) is 0.571. The minimum absolute atomic E-state index is 0.137. The number of H-pyrrole nitrogens is 1. The van der Waals surface area contributed by atoms with Crippen LogP contribution in [-0.2, 0) is 11.8 Å². The Labute approximate surface area is 70.9 Å². The lowest BCUT2D eigenvalue weighted by molar-refractivity contribution is -0.139. The number of alkyl halides is 4. The van der Waals surface area contributed by atoms with Gasteiger partial charge in [0.15, 0.2) is 5.67 Å². The second-order valence-electron chi connectivity index (χ2n) is 3.12. The standard InChI is InChI=1S/C7H6F4N2/c8-6(1-2-6)5-4(3-12-13-5)7(9,10)11/h3H,1-2H2,(H,12,13). The van der Waals surface area contributed by atoms with Crippen LogP contribution in [0.1, 0.15) is 24.1 Å². The number of nitrogens with zero attached hydrogens (tertiary/aromatic N) is 1. The normalized spacial score (nSPS) is 20.3. The first-order valence-electron chi connectivity index (χ1n) is 3.73. The average Bonchev–Trinajstić information content (AvgIpc) is 2.60. The van der Waals surface area contributed by atoms with E-state index in [1.807, 2.05) is 0 Å². The van der Waals surface area contributed by atoms with Crippen molar-refractivity contribution in [1.29, 1.82) is 0 Å². The summed E-state index contributed by atoms with van der Waals surface area (Å²) in [5.74, 6) is 0. The number of aromatic nitrogens is 2. The van der Waals surface area contributed by atoms with Gasteiger partial charge in [-0.25, -0.2) is 4.39 Å². The van der Waals surface area contributed by atoms with Crippen LogP contribution in [0.5, 0.6) is 0 Å². The summed E-state index contributed by atoms with van der Waals surface area (Å²) in [6.45, 7) is 0. The highest BCUT2D eigenvalue weighted by Crippen LogP contribution is 2.51. The molecule has 0 spiro atoms. The molecule has 1 aliphatic rings. The van der Waals surface area contributed by atoms with E-state index < -0.39 is 23.1 Å². The lowest BCUT2D eigenvalue weighted by Crippen LogP contribution is -2.11. The van der Waals surface area contributed by atoms with E-state index in [-0.39, 0.29) is 12.8 Å². The van der Waals surface area contributed by atoms with Gasteiger partial charge in [-0.1, -0.05) is 0 Å². The highest BCUT2D eigenvalue weighted by Gasteiger charge is 2.51. The van der Waals surface area contributed by atoms with Gasteiger partial charge in [0.2, 0.25) is 0 Å². The molecule has 0 amide bonds. The van der Waals surface area contributed by atoms with Crippen molar-refractivity contribution < 1.29 is 17.6 Å².